The van der Waals surface area contributed by atoms with Crippen LogP contribution in [0.4, 0.5) is 0 Å². The summed E-state index contributed by atoms with van der Waals surface area (Å²) >= 11 is 1.51. The molecular formula is C18H13N3O2S. The van der Waals surface area contributed by atoms with Crippen molar-refractivity contribution in [2.75, 3.05) is 6.54 Å². The molecule has 1 aliphatic heterocycles. The third-order valence-electron chi connectivity index (χ3n) is 3.91. The van der Waals surface area contributed by atoms with Gasteiger partial charge < -0.3 is 0 Å². The van der Waals surface area contributed by atoms with Crippen LogP contribution in [0.25, 0.3) is 11.4 Å². The van der Waals surface area contributed by atoms with E-state index < -0.39 is 0 Å². The van der Waals surface area contributed by atoms with Gasteiger partial charge in [0.25, 0.3) is 11.8 Å². The first kappa shape index (κ1) is 14.7. The van der Waals surface area contributed by atoms with E-state index in [1.54, 1.807) is 30.5 Å². The van der Waals surface area contributed by atoms with E-state index in [0.29, 0.717) is 24.1 Å². The summed E-state index contributed by atoms with van der Waals surface area (Å²) in [5, 5.41) is 2.83. The Bertz CT molecular complexity index is 886. The molecule has 0 aliphatic carbocycles. The molecule has 6 heteroatoms. The van der Waals surface area contributed by atoms with Crippen molar-refractivity contribution in [3.63, 3.8) is 0 Å². The standard InChI is InChI=1S/C18H13N3O2S/c22-17-12-5-1-2-6-13(12)18(23)21(17)10-8-16-20-15(11-24-16)14-7-3-4-9-19-14/h1-7,9,11H,8,10H2. The number of nitrogens with zero attached hydrogens (tertiary/aromatic N) is 3. The van der Waals surface area contributed by atoms with Crippen LogP contribution in [0.3, 0.4) is 0 Å². The van der Waals surface area contributed by atoms with Crippen molar-refractivity contribution in [1.82, 2.24) is 14.9 Å². The Morgan fingerprint density at radius 1 is 0.917 bits per heavy atom. The Kier molecular flexibility index (Phi) is 3.66. The maximum Gasteiger partial charge on any atom is 0.261 e. The maximum atomic E-state index is 12.3. The summed E-state index contributed by atoms with van der Waals surface area (Å²) in [5.74, 6) is -0.450. The van der Waals surface area contributed by atoms with Crippen molar-refractivity contribution in [2.24, 2.45) is 0 Å². The second kappa shape index (κ2) is 5.98. The Hall–Kier alpha value is -2.86. The molecule has 1 aliphatic rings. The molecule has 24 heavy (non-hydrogen) atoms. The fourth-order valence-corrected chi connectivity index (χ4v) is 3.49. The first-order valence-electron chi connectivity index (χ1n) is 7.55. The molecule has 2 aromatic heterocycles. The molecule has 118 valence electrons. The molecule has 0 fully saturated rings. The number of imide groups is 1. The van der Waals surface area contributed by atoms with Gasteiger partial charge in [0.2, 0.25) is 0 Å². The van der Waals surface area contributed by atoms with Gasteiger partial charge in [-0.3, -0.25) is 19.5 Å². The second-order valence-corrected chi connectivity index (χ2v) is 6.34. The molecule has 0 bridgehead atoms. The molecule has 1 aromatic carbocycles. The molecule has 0 radical (unpaired) electrons. The number of rotatable bonds is 4. The normalized spacial score (nSPS) is 13.4. The van der Waals surface area contributed by atoms with E-state index in [0.717, 1.165) is 16.4 Å². The van der Waals surface area contributed by atoms with E-state index in [1.165, 1.54) is 16.2 Å². The number of hydrogen-bond donors (Lipinski definition) is 0. The third-order valence-corrected chi connectivity index (χ3v) is 4.82. The minimum atomic E-state index is -0.225. The van der Waals surface area contributed by atoms with Crippen LogP contribution in [-0.4, -0.2) is 33.2 Å². The number of hydrogen-bond acceptors (Lipinski definition) is 5. The molecule has 0 saturated carbocycles. The summed E-state index contributed by atoms with van der Waals surface area (Å²) in [6.07, 6.45) is 2.27. The van der Waals surface area contributed by atoms with Crippen molar-refractivity contribution < 1.29 is 9.59 Å². The first-order valence-corrected chi connectivity index (χ1v) is 8.43. The molecule has 2 amide bonds. The van der Waals surface area contributed by atoms with E-state index in [9.17, 15) is 9.59 Å². The Morgan fingerprint density at radius 2 is 1.62 bits per heavy atom. The zero-order chi connectivity index (χ0) is 16.5. The molecule has 0 N–H and O–H groups in total. The van der Waals surface area contributed by atoms with Crippen molar-refractivity contribution in [3.05, 3.63) is 70.2 Å². The van der Waals surface area contributed by atoms with Gasteiger partial charge >= 0.3 is 0 Å². The molecule has 3 aromatic rings. The maximum absolute atomic E-state index is 12.3. The van der Waals surface area contributed by atoms with Crippen LogP contribution in [0, 0.1) is 0 Å². The van der Waals surface area contributed by atoms with Gasteiger partial charge in [-0.05, 0) is 24.3 Å². The van der Waals surface area contributed by atoms with E-state index in [-0.39, 0.29) is 11.8 Å². The molecule has 5 nitrogen and oxygen atoms in total. The van der Waals surface area contributed by atoms with Gasteiger partial charge in [-0.25, -0.2) is 4.98 Å². The zero-order valence-corrected chi connectivity index (χ0v) is 13.5. The largest absolute Gasteiger partial charge is 0.274 e. The highest BCUT2D eigenvalue weighted by Gasteiger charge is 2.34. The van der Waals surface area contributed by atoms with E-state index in [1.807, 2.05) is 23.6 Å². The number of carbonyl (C=O) groups excluding carboxylic acids is 2. The molecule has 3 heterocycles. The van der Waals surface area contributed by atoms with Crippen molar-refractivity contribution >= 4 is 23.2 Å². The Labute approximate surface area is 142 Å². The SMILES string of the molecule is O=C1c2ccccc2C(=O)N1CCc1nc(-c2ccccn2)cs1. The topological polar surface area (TPSA) is 63.2 Å². The van der Waals surface area contributed by atoms with E-state index in [2.05, 4.69) is 9.97 Å². The number of fused-ring (bicyclic) bond motifs is 1. The van der Waals surface area contributed by atoms with Crippen molar-refractivity contribution in [1.29, 1.82) is 0 Å². The monoisotopic (exact) mass is 335 g/mol. The average molecular weight is 335 g/mol. The van der Waals surface area contributed by atoms with Crippen LogP contribution < -0.4 is 0 Å². The van der Waals surface area contributed by atoms with Crippen molar-refractivity contribution in [3.8, 4) is 11.4 Å². The molecule has 0 unspecified atom stereocenters. The average Bonchev–Trinajstić information content (AvgIpc) is 3.19. The molecular weight excluding hydrogens is 322 g/mol. The lowest BCUT2D eigenvalue weighted by atomic mass is 10.1. The van der Waals surface area contributed by atoms with Gasteiger partial charge in [-0.15, -0.1) is 11.3 Å². The van der Waals surface area contributed by atoms with Crippen LogP contribution in [0.15, 0.2) is 54.0 Å². The zero-order valence-electron chi connectivity index (χ0n) is 12.7. The van der Waals surface area contributed by atoms with Gasteiger partial charge in [0.05, 0.1) is 27.5 Å². The van der Waals surface area contributed by atoms with Crippen LogP contribution in [0.2, 0.25) is 0 Å². The third kappa shape index (κ3) is 2.51. The van der Waals surface area contributed by atoms with Crippen LogP contribution >= 0.6 is 11.3 Å². The fraction of sp³-hybridized carbons (Fsp3) is 0.111. The number of aromatic nitrogens is 2. The summed E-state index contributed by atoms with van der Waals surface area (Å²) < 4.78 is 0. The summed E-state index contributed by atoms with van der Waals surface area (Å²) in [5.41, 5.74) is 2.60. The highest BCUT2D eigenvalue weighted by Crippen LogP contribution is 2.24. The summed E-state index contributed by atoms with van der Waals surface area (Å²) in [6, 6.07) is 12.6. The number of amides is 2. The second-order valence-electron chi connectivity index (χ2n) is 5.40. The molecule has 0 atom stereocenters. The minimum Gasteiger partial charge on any atom is -0.274 e. The quantitative estimate of drug-likeness (QED) is 0.688. The smallest absolute Gasteiger partial charge is 0.261 e. The van der Waals surface area contributed by atoms with Gasteiger partial charge in [0.1, 0.15) is 0 Å². The van der Waals surface area contributed by atoms with Gasteiger partial charge in [-0.2, -0.15) is 0 Å². The van der Waals surface area contributed by atoms with Crippen LogP contribution in [0.5, 0.6) is 0 Å². The highest BCUT2D eigenvalue weighted by atomic mass is 32.1. The molecule has 0 spiro atoms. The predicted octanol–water partition coefficient (Wildman–Crippen LogP) is 3.04. The lowest BCUT2D eigenvalue weighted by Gasteiger charge is -2.12. The van der Waals surface area contributed by atoms with Crippen LogP contribution in [-0.2, 0) is 6.42 Å². The lowest BCUT2D eigenvalue weighted by molar-refractivity contribution is 0.0656. The molecule has 4 rings (SSSR count). The highest BCUT2D eigenvalue weighted by molar-refractivity contribution is 7.09. The minimum absolute atomic E-state index is 0.225. The Morgan fingerprint density at radius 3 is 2.29 bits per heavy atom. The fourth-order valence-electron chi connectivity index (χ4n) is 2.71. The van der Waals surface area contributed by atoms with Gasteiger partial charge in [0, 0.05) is 24.5 Å². The lowest BCUT2D eigenvalue weighted by Crippen LogP contribution is -2.31. The van der Waals surface area contributed by atoms with Gasteiger partial charge in [-0.1, -0.05) is 18.2 Å². The summed E-state index contributed by atoms with van der Waals surface area (Å²) in [7, 11) is 0. The van der Waals surface area contributed by atoms with Gasteiger partial charge in [0.15, 0.2) is 0 Å². The number of carbonyl (C=O) groups is 2. The summed E-state index contributed by atoms with van der Waals surface area (Å²) in [6.45, 7) is 0.335. The first-order chi connectivity index (χ1) is 11.7. The van der Waals surface area contributed by atoms with Crippen molar-refractivity contribution in [2.45, 2.75) is 6.42 Å². The number of pyridine rings is 1. The van der Waals surface area contributed by atoms with Crippen LogP contribution in [0.1, 0.15) is 25.7 Å². The number of benzene rings is 1. The predicted molar refractivity (Wildman–Crippen MR) is 90.9 cm³/mol. The summed E-state index contributed by atoms with van der Waals surface area (Å²) in [4.78, 5) is 34.8. The number of thiazole rings is 1. The van der Waals surface area contributed by atoms with E-state index >= 15 is 0 Å². The molecule has 0 saturated heterocycles. The Balaban J connectivity index is 1.48. The van der Waals surface area contributed by atoms with E-state index in [4.69, 9.17) is 0 Å².